The van der Waals surface area contributed by atoms with Crippen LogP contribution in [0.1, 0.15) is 28.9 Å². The molecule has 0 amide bonds. The van der Waals surface area contributed by atoms with E-state index in [1.807, 2.05) is 0 Å². The molecule has 1 N–H and O–H groups in total. The summed E-state index contributed by atoms with van der Waals surface area (Å²) in [4.78, 5) is 31.7. The Balaban J connectivity index is 1.87. The highest BCUT2D eigenvalue weighted by molar-refractivity contribution is 6.31. The number of para-hydroxylation sites is 1. The highest BCUT2D eigenvalue weighted by atomic mass is 35.5. The molecular weight excluding hydrogens is 501 g/mol. The Labute approximate surface area is 209 Å². The second-order valence-electron chi connectivity index (χ2n) is 8.31. The predicted molar refractivity (Wildman–Crippen MR) is 130 cm³/mol. The molecule has 192 valence electrons. The third kappa shape index (κ3) is 5.41. The topological polar surface area (TPSA) is 85.7 Å². The van der Waals surface area contributed by atoms with Crippen LogP contribution in [-0.2, 0) is 16.0 Å². The van der Waals surface area contributed by atoms with Crippen LogP contribution in [0.25, 0.3) is 10.9 Å². The molecule has 0 spiro atoms. The quantitative estimate of drug-likeness (QED) is 0.478. The van der Waals surface area contributed by atoms with Crippen LogP contribution in [0.15, 0.2) is 41.2 Å². The lowest BCUT2D eigenvalue weighted by Crippen LogP contribution is -2.42. The van der Waals surface area contributed by atoms with Crippen molar-refractivity contribution in [3.8, 4) is 0 Å². The number of aromatic nitrogens is 2. The van der Waals surface area contributed by atoms with Crippen LogP contribution in [-0.4, -0.2) is 55.1 Å². The molecule has 1 aliphatic heterocycles. The zero-order chi connectivity index (χ0) is 26.0. The van der Waals surface area contributed by atoms with Gasteiger partial charge in [-0.2, -0.15) is 13.2 Å². The van der Waals surface area contributed by atoms with E-state index in [2.05, 4.69) is 10.3 Å². The van der Waals surface area contributed by atoms with E-state index in [1.54, 1.807) is 42.2 Å². The monoisotopic (exact) mass is 524 g/mol. The summed E-state index contributed by atoms with van der Waals surface area (Å²) in [6, 6.07) is 9.12. The normalized spacial score (nSPS) is 15.1. The average molecular weight is 525 g/mol. The number of methoxy groups -OCH3 is 1. The van der Waals surface area contributed by atoms with Crippen LogP contribution in [0.5, 0.6) is 0 Å². The lowest BCUT2D eigenvalue weighted by molar-refractivity contribution is -0.141. The molecule has 3 aromatic rings. The van der Waals surface area contributed by atoms with E-state index in [1.165, 1.54) is 13.2 Å². The summed E-state index contributed by atoms with van der Waals surface area (Å²) in [6.07, 6.45) is -4.63. The molecule has 0 radical (unpaired) electrons. The Morgan fingerprint density at radius 2 is 1.94 bits per heavy atom. The summed E-state index contributed by atoms with van der Waals surface area (Å²) in [7, 11) is 1.27. The van der Waals surface area contributed by atoms with Crippen molar-refractivity contribution in [3.05, 3.63) is 62.9 Å². The van der Waals surface area contributed by atoms with Gasteiger partial charge in [-0.25, -0.2) is 9.78 Å². The molecule has 1 fully saturated rings. The Morgan fingerprint density at radius 3 is 2.61 bits per heavy atom. The summed E-state index contributed by atoms with van der Waals surface area (Å²) in [5.74, 6) is -0.622. The summed E-state index contributed by atoms with van der Waals surface area (Å²) in [5.41, 5.74) is 0.643. The highest BCUT2D eigenvalue weighted by Gasteiger charge is 2.32. The number of hydrogen-bond acceptors (Lipinski definition) is 7. The van der Waals surface area contributed by atoms with Crippen LogP contribution < -0.4 is 15.8 Å². The lowest BCUT2D eigenvalue weighted by Gasteiger charge is -2.30. The highest BCUT2D eigenvalue weighted by Crippen LogP contribution is 2.31. The minimum atomic E-state index is -4.63. The van der Waals surface area contributed by atoms with Crippen molar-refractivity contribution in [3.63, 3.8) is 0 Å². The molecular formula is C24H24ClF3N4O4. The van der Waals surface area contributed by atoms with E-state index < -0.39 is 30.3 Å². The minimum absolute atomic E-state index is 0.0336. The summed E-state index contributed by atoms with van der Waals surface area (Å²) < 4.78 is 51.1. The molecule has 0 aliphatic carbocycles. The van der Waals surface area contributed by atoms with Gasteiger partial charge in [0.2, 0.25) is 5.95 Å². The maximum Gasteiger partial charge on any atom is 0.406 e. The first-order chi connectivity index (χ1) is 17.1. The van der Waals surface area contributed by atoms with Crippen LogP contribution in [0.2, 0.25) is 5.02 Å². The SMILES string of the molecule is COC(=O)c1ccccc1NC(C)c1cc(Cl)cc2c(=O)n(CC(F)(F)F)c(N3CCOCC3)nc12. The van der Waals surface area contributed by atoms with Gasteiger partial charge in [-0.3, -0.25) is 9.36 Å². The molecule has 36 heavy (non-hydrogen) atoms. The first-order valence-electron chi connectivity index (χ1n) is 11.2. The average Bonchev–Trinajstić information content (AvgIpc) is 2.85. The molecule has 2 heterocycles. The van der Waals surface area contributed by atoms with Gasteiger partial charge in [-0.05, 0) is 31.2 Å². The molecule has 1 aliphatic rings. The Morgan fingerprint density at radius 1 is 1.25 bits per heavy atom. The Kier molecular flexibility index (Phi) is 7.41. The molecule has 4 rings (SSSR count). The summed E-state index contributed by atoms with van der Waals surface area (Å²) in [6.45, 7) is 1.48. The second-order valence-corrected chi connectivity index (χ2v) is 8.75. The van der Waals surface area contributed by atoms with Gasteiger partial charge >= 0.3 is 12.1 Å². The number of carbonyl (C=O) groups is 1. The van der Waals surface area contributed by atoms with Crippen molar-refractivity contribution in [2.24, 2.45) is 0 Å². The number of halogens is 4. The molecule has 1 saturated heterocycles. The summed E-state index contributed by atoms with van der Waals surface area (Å²) >= 11 is 6.29. The molecule has 0 bridgehead atoms. The number of fused-ring (bicyclic) bond motifs is 1. The number of nitrogens with one attached hydrogen (secondary N) is 1. The van der Waals surface area contributed by atoms with E-state index in [0.29, 0.717) is 47.7 Å². The van der Waals surface area contributed by atoms with E-state index in [0.717, 1.165) is 0 Å². The van der Waals surface area contributed by atoms with E-state index >= 15 is 0 Å². The van der Waals surface area contributed by atoms with Gasteiger partial charge in [0.15, 0.2) is 0 Å². The fourth-order valence-electron chi connectivity index (χ4n) is 4.17. The second kappa shape index (κ2) is 10.4. The number of rotatable bonds is 6. The van der Waals surface area contributed by atoms with Crippen molar-refractivity contribution in [2.75, 3.05) is 43.6 Å². The van der Waals surface area contributed by atoms with Gasteiger partial charge in [0.05, 0.1) is 42.8 Å². The minimum Gasteiger partial charge on any atom is -0.465 e. The fourth-order valence-corrected chi connectivity index (χ4v) is 4.40. The molecule has 12 heteroatoms. The Bertz CT molecular complexity index is 1340. The molecule has 1 aromatic heterocycles. The van der Waals surface area contributed by atoms with Gasteiger partial charge in [0.1, 0.15) is 6.54 Å². The Hall–Kier alpha value is -3.31. The third-order valence-electron chi connectivity index (χ3n) is 5.84. The van der Waals surface area contributed by atoms with Crippen molar-refractivity contribution in [2.45, 2.75) is 25.7 Å². The largest absolute Gasteiger partial charge is 0.465 e. The van der Waals surface area contributed by atoms with Crippen molar-refractivity contribution >= 4 is 40.1 Å². The van der Waals surface area contributed by atoms with Crippen molar-refractivity contribution in [1.82, 2.24) is 9.55 Å². The zero-order valence-electron chi connectivity index (χ0n) is 19.6. The summed E-state index contributed by atoms with van der Waals surface area (Å²) in [5, 5.41) is 3.35. The maximum atomic E-state index is 13.4. The molecule has 0 saturated carbocycles. The number of ether oxygens (including phenoxy) is 2. The van der Waals surface area contributed by atoms with Gasteiger partial charge in [-0.15, -0.1) is 0 Å². The van der Waals surface area contributed by atoms with Gasteiger partial charge in [0.25, 0.3) is 5.56 Å². The fraction of sp³-hybridized carbons (Fsp3) is 0.375. The maximum absolute atomic E-state index is 13.4. The lowest BCUT2D eigenvalue weighted by atomic mass is 10.0. The van der Waals surface area contributed by atoms with E-state index in [9.17, 15) is 22.8 Å². The van der Waals surface area contributed by atoms with E-state index in [4.69, 9.17) is 21.1 Å². The first kappa shape index (κ1) is 25.8. The van der Waals surface area contributed by atoms with Crippen molar-refractivity contribution in [1.29, 1.82) is 0 Å². The van der Waals surface area contributed by atoms with Gasteiger partial charge < -0.3 is 19.7 Å². The predicted octanol–water partition coefficient (Wildman–Crippen LogP) is 4.41. The van der Waals surface area contributed by atoms with Gasteiger partial charge in [0, 0.05) is 29.4 Å². The smallest absolute Gasteiger partial charge is 0.406 e. The molecule has 1 atom stereocenters. The number of benzene rings is 2. The first-order valence-corrected chi connectivity index (χ1v) is 11.5. The number of esters is 1. The van der Waals surface area contributed by atoms with Crippen LogP contribution in [0, 0.1) is 0 Å². The number of hydrogen-bond donors (Lipinski definition) is 1. The third-order valence-corrected chi connectivity index (χ3v) is 6.05. The standard InChI is InChI=1S/C24H24ClF3N4O4/c1-14(29-19-6-4-3-5-16(19)22(34)35-2)17-11-15(25)12-18-20(17)30-23(31-7-9-36-10-8-31)32(21(18)33)13-24(26,27)28/h3-6,11-12,14,29H,7-10,13H2,1-2H3. The van der Waals surface area contributed by atoms with Crippen LogP contribution in [0.4, 0.5) is 24.8 Å². The van der Waals surface area contributed by atoms with Crippen LogP contribution in [0.3, 0.4) is 0 Å². The molecule has 2 aromatic carbocycles. The number of alkyl halides is 3. The number of carbonyl (C=O) groups excluding carboxylic acids is 1. The molecule has 1 unspecified atom stereocenters. The van der Waals surface area contributed by atoms with Crippen LogP contribution >= 0.6 is 11.6 Å². The molecule has 8 nitrogen and oxygen atoms in total. The van der Waals surface area contributed by atoms with Gasteiger partial charge in [-0.1, -0.05) is 23.7 Å². The number of morpholine rings is 1. The van der Waals surface area contributed by atoms with E-state index in [-0.39, 0.29) is 21.9 Å². The van der Waals surface area contributed by atoms with Crippen molar-refractivity contribution < 1.29 is 27.4 Å². The zero-order valence-corrected chi connectivity index (χ0v) is 20.3. The number of nitrogens with zero attached hydrogens (tertiary/aromatic N) is 3. The number of anilines is 2.